The van der Waals surface area contributed by atoms with Crippen molar-refractivity contribution >= 4 is 34.6 Å². The van der Waals surface area contributed by atoms with Crippen LogP contribution in [-0.2, 0) is 19.1 Å². The summed E-state index contributed by atoms with van der Waals surface area (Å²) in [6.07, 6.45) is -2.30. The minimum absolute atomic E-state index is 0.405. The molecule has 1 aliphatic heterocycles. The van der Waals surface area contributed by atoms with Crippen LogP contribution >= 0.6 is 0 Å². The smallest absolute Gasteiger partial charge is 0.256 e. The SMILES string of the molecule is CC1(C)O[C@H](C(=O)Nc2ccccc2N)[C@@H](C(=O)Nc2ccccc2N)O1. The van der Waals surface area contributed by atoms with Gasteiger partial charge in [-0.2, -0.15) is 0 Å². The van der Waals surface area contributed by atoms with Crippen LogP contribution in [0.15, 0.2) is 48.5 Å². The highest BCUT2D eigenvalue weighted by atomic mass is 16.8. The third-order valence-electron chi connectivity index (χ3n) is 4.05. The highest BCUT2D eigenvalue weighted by molar-refractivity contribution is 6.04. The van der Waals surface area contributed by atoms with Crippen molar-refractivity contribution in [3.05, 3.63) is 48.5 Å². The number of rotatable bonds is 4. The lowest BCUT2D eigenvalue weighted by molar-refractivity contribution is -0.156. The van der Waals surface area contributed by atoms with Crippen LogP contribution < -0.4 is 22.1 Å². The van der Waals surface area contributed by atoms with Crippen LogP contribution in [0, 0.1) is 0 Å². The zero-order chi connectivity index (χ0) is 19.6. The summed E-state index contributed by atoms with van der Waals surface area (Å²) < 4.78 is 11.3. The number of nitrogen functional groups attached to an aromatic ring is 2. The van der Waals surface area contributed by atoms with Crippen molar-refractivity contribution < 1.29 is 19.1 Å². The molecule has 6 N–H and O–H groups in total. The topological polar surface area (TPSA) is 129 Å². The van der Waals surface area contributed by atoms with Gasteiger partial charge in [-0.05, 0) is 38.1 Å². The zero-order valence-corrected chi connectivity index (χ0v) is 15.1. The minimum atomic E-state index is -1.15. The maximum Gasteiger partial charge on any atom is 0.256 e. The first kappa shape index (κ1) is 18.7. The fourth-order valence-electron chi connectivity index (χ4n) is 2.77. The van der Waals surface area contributed by atoms with E-state index in [2.05, 4.69) is 10.6 Å². The van der Waals surface area contributed by atoms with Gasteiger partial charge in [0.2, 0.25) is 0 Å². The summed E-state index contributed by atoms with van der Waals surface area (Å²) in [6.45, 7) is 3.27. The van der Waals surface area contributed by atoms with Crippen LogP contribution in [0.2, 0.25) is 0 Å². The Hall–Kier alpha value is -3.10. The first-order valence-electron chi connectivity index (χ1n) is 8.43. The number of benzene rings is 2. The Labute approximate surface area is 156 Å². The van der Waals surface area contributed by atoms with E-state index in [0.717, 1.165) is 0 Å². The molecule has 2 atom stereocenters. The Morgan fingerprint density at radius 1 is 0.815 bits per heavy atom. The lowest BCUT2D eigenvalue weighted by Crippen LogP contribution is -2.43. The normalized spacial score (nSPS) is 20.8. The van der Waals surface area contributed by atoms with Crippen LogP contribution in [0.4, 0.5) is 22.7 Å². The quantitative estimate of drug-likeness (QED) is 0.609. The summed E-state index contributed by atoms with van der Waals surface area (Å²) in [5, 5.41) is 5.35. The molecule has 2 aromatic carbocycles. The fourth-order valence-corrected chi connectivity index (χ4v) is 2.77. The monoisotopic (exact) mass is 370 g/mol. The number of hydrogen-bond donors (Lipinski definition) is 4. The van der Waals surface area contributed by atoms with Crippen LogP contribution in [0.25, 0.3) is 0 Å². The lowest BCUT2D eigenvalue weighted by atomic mass is 10.1. The first-order chi connectivity index (χ1) is 12.8. The number of carbonyl (C=O) groups is 2. The number of nitrogens with one attached hydrogen (secondary N) is 2. The molecule has 1 aliphatic rings. The average molecular weight is 370 g/mol. The molecule has 8 heteroatoms. The van der Waals surface area contributed by atoms with E-state index in [0.29, 0.717) is 22.7 Å². The van der Waals surface area contributed by atoms with Crippen LogP contribution in [0.3, 0.4) is 0 Å². The van der Waals surface area contributed by atoms with Gasteiger partial charge in [0.15, 0.2) is 18.0 Å². The van der Waals surface area contributed by atoms with Gasteiger partial charge in [-0.3, -0.25) is 9.59 Å². The number of carbonyl (C=O) groups excluding carboxylic acids is 2. The maximum atomic E-state index is 12.7. The Kier molecular flexibility index (Phi) is 5.02. The predicted octanol–water partition coefficient (Wildman–Crippen LogP) is 1.95. The molecule has 142 valence electrons. The second-order valence-corrected chi connectivity index (χ2v) is 6.63. The van der Waals surface area contributed by atoms with Crippen LogP contribution in [0.5, 0.6) is 0 Å². The van der Waals surface area contributed by atoms with Gasteiger partial charge < -0.3 is 31.6 Å². The summed E-state index contributed by atoms with van der Waals surface area (Å²) in [4.78, 5) is 25.4. The van der Waals surface area contributed by atoms with Gasteiger partial charge in [0.25, 0.3) is 11.8 Å². The molecule has 0 bridgehead atoms. The molecule has 1 saturated heterocycles. The Morgan fingerprint density at radius 3 is 1.56 bits per heavy atom. The second-order valence-electron chi connectivity index (χ2n) is 6.63. The third kappa shape index (κ3) is 4.18. The average Bonchev–Trinajstić information content (AvgIpc) is 2.95. The van der Waals surface area contributed by atoms with Gasteiger partial charge in [0.05, 0.1) is 22.7 Å². The van der Waals surface area contributed by atoms with E-state index >= 15 is 0 Å². The van der Waals surface area contributed by atoms with Crippen LogP contribution in [0.1, 0.15) is 13.8 Å². The molecule has 0 unspecified atom stereocenters. The Balaban J connectivity index is 1.78. The van der Waals surface area contributed by atoms with E-state index in [-0.39, 0.29) is 0 Å². The maximum absolute atomic E-state index is 12.7. The molecule has 0 saturated carbocycles. The van der Waals surface area contributed by atoms with Crippen molar-refractivity contribution in [1.82, 2.24) is 0 Å². The highest BCUT2D eigenvalue weighted by Crippen LogP contribution is 2.31. The number of amides is 2. The highest BCUT2D eigenvalue weighted by Gasteiger charge is 2.49. The molecule has 1 heterocycles. The van der Waals surface area contributed by atoms with Crippen molar-refractivity contribution in [3.63, 3.8) is 0 Å². The van der Waals surface area contributed by atoms with Crippen molar-refractivity contribution in [2.75, 3.05) is 22.1 Å². The first-order valence-corrected chi connectivity index (χ1v) is 8.43. The van der Waals surface area contributed by atoms with E-state index in [1.165, 1.54) is 0 Å². The third-order valence-corrected chi connectivity index (χ3v) is 4.05. The Morgan fingerprint density at radius 2 is 1.19 bits per heavy atom. The number of anilines is 4. The number of hydrogen-bond acceptors (Lipinski definition) is 6. The summed E-state index contributed by atoms with van der Waals surface area (Å²) in [6, 6.07) is 13.6. The van der Waals surface area contributed by atoms with Crippen molar-refractivity contribution in [2.45, 2.75) is 31.8 Å². The van der Waals surface area contributed by atoms with Gasteiger partial charge in [-0.25, -0.2) is 0 Å². The van der Waals surface area contributed by atoms with Crippen molar-refractivity contribution in [1.29, 1.82) is 0 Å². The molecule has 1 fully saturated rings. The standard InChI is InChI=1S/C19H22N4O4/c1-19(2)26-15(17(24)22-13-9-5-3-7-11(13)20)16(27-19)18(25)23-14-10-6-4-8-12(14)21/h3-10,15-16H,20-21H2,1-2H3,(H,22,24)(H,23,25)/t15-,16-/m0/s1. The van der Waals surface area contributed by atoms with E-state index in [1.807, 2.05) is 0 Å². The summed E-state index contributed by atoms with van der Waals surface area (Å²) in [5.41, 5.74) is 13.4. The minimum Gasteiger partial charge on any atom is -0.397 e. The van der Waals surface area contributed by atoms with E-state index in [9.17, 15) is 9.59 Å². The number of para-hydroxylation sites is 4. The van der Waals surface area contributed by atoms with Crippen molar-refractivity contribution in [3.8, 4) is 0 Å². The van der Waals surface area contributed by atoms with Crippen molar-refractivity contribution in [2.24, 2.45) is 0 Å². The van der Waals surface area contributed by atoms with E-state index < -0.39 is 29.8 Å². The number of ether oxygens (including phenoxy) is 2. The molecular formula is C19H22N4O4. The summed E-state index contributed by atoms with van der Waals surface area (Å²) in [7, 11) is 0. The molecule has 27 heavy (non-hydrogen) atoms. The fraction of sp³-hybridized carbons (Fsp3) is 0.263. The molecule has 0 radical (unpaired) electrons. The van der Waals surface area contributed by atoms with Gasteiger partial charge in [-0.15, -0.1) is 0 Å². The molecule has 8 nitrogen and oxygen atoms in total. The molecular weight excluding hydrogens is 348 g/mol. The van der Waals surface area contributed by atoms with E-state index in [1.54, 1.807) is 62.4 Å². The second kappa shape index (κ2) is 7.26. The van der Waals surface area contributed by atoms with E-state index in [4.69, 9.17) is 20.9 Å². The van der Waals surface area contributed by atoms with Gasteiger partial charge in [-0.1, -0.05) is 24.3 Å². The van der Waals surface area contributed by atoms with Gasteiger partial charge in [0, 0.05) is 0 Å². The molecule has 2 amide bonds. The van der Waals surface area contributed by atoms with Crippen LogP contribution in [-0.4, -0.2) is 29.8 Å². The lowest BCUT2D eigenvalue weighted by Gasteiger charge is -2.17. The summed E-state index contributed by atoms with van der Waals surface area (Å²) in [5.74, 6) is -2.16. The number of nitrogens with two attached hydrogens (primary N) is 2. The largest absolute Gasteiger partial charge is 0.397 e. The molecule has 2 aromatic rings. The molecule has 0 aromatic heterocycles. The summed E-state index contributed by atoms with van der Waals surface area (Å²) >= 11 is 0. The molecule has 0 spiro atoms. The zero-order valence-electron chi connectivity index (χ0n) is 15.1. The van der Waals surface area contributed by atoms with Gasteiger partial charge in [0.1, 0.15) is 0 Å². The molecule has 0 aliphatic carbocycles. The predicted molar refractivity (Wildman–Crippen MR) is 103 cm³/mol. The Bertz CT molecular complexity index is 799. The van der Waals surface area contributed by atoms with Gasteiger partial charge >= 0.3 is 0 Å². The molecule has 3 rings (SSSR count).